The SMILES string of the molecule is C=CCn1nc(C)c(C(=O)N(C)Cc2ccon2)c1C. The van der Waals surface area contributed by atoms with Gasteiger partial charge in [-0.05, 0) is 13.8 Å². The number of carbonyl (C=O) groups is 1. The van der Waals surface area contributed by atoms with Gasteiger partial charge in [0.15, 0.2) is 0 Å². The van der Waals surface area contributed by atoms with E-state index in [4.69, 9.17) is 4.52 Å². The maximum Gasteiger partial charge on any atom is 0.257 e. The first-order valence-corrected chi connectivity index (χ1v) is 6.34. The summed E-state index contributed by atoms with van der Waals surface area (Å²) in [6.07, 6.45) is 3.25. The first kappa shape index (κ1) is 14.0. The molecule has 106 valence electrons. The van der Waals surface area contributed by atoms with Gasteiger partial charge in [-0.15, -0.1) is 6.58 Å². The second kappa shape index (κ2) is 5.73. The topological polar surface area (TPSA) is 64.2 Å². The standard InChI is InChI=1S/C14H18N4O2/c1-5-7-18-11(3)13(10(2)15-18)14(19)17(4)9-12-6-8-20-16-12/h5-6,8H,1,7,9H2,2-4H3. The van der Waals surface area contributed by atoms with Crippen LogP contribution < -0.4 is 0 Å². The van der Waals surface area contributed by atoms with Crippen LogP contribution in [0.4, 0.5) is 0 Å². The molecule has 0 spiro atoms. The van der Waals surface area contributed by atoms with Crippen LogP contribution in [0.1, 0.15) is 27.4 Å². The number of rotatable bonds is 5. The molecule has 2 heterocycles. The van der Waals surface area contributed by atoms with Crippen molar-refractivity contribution in [2.75, 3.05) is 7.05 Å². The van der Waals surface area contributed by atoms with Crippen LogP contribution in [0.25, 0.3) is 0 Å². The fourth-order valence-electron chi connectivity index (χ4n) is 2.13. The van der Waals surface area contributed by atoms with Gasteiger partial charge in [-0.25, -0.2) is 0 Å². The molecule has 20 heavy (non-hydrogen) atoms. The highest BCUT2D eigenvalue weighted by molar-refractivity contribution is 5.96. The molecule has 6 nitrogen and oxygen atoms in total. The molecule has 0 atom stereocenters. The molecule has 6 heteroatoms. The molecule has 0 aliphatic rings. The van der Waals surface area contributed by atoms with Crippen LogP contribution in [-0.2, 0) is 13.1 Å². The monoisotopic (exact) mass is 274 g/mol. The van der Waals surface area contributed by atoms with Gasteiger partial charge in [0.1, 0.15) is 12.0 Å². The van der Waals surface area contributed by atoms with Gasteiger partial charge in [-0.1, -0.05) is 11.2 Å². The highest BCUT2D eigenvalue weighted by atomic mass is 16.5. The molecule has 2 aromatic rings. The number of hydrogen-bond acceptors (Lipinski definition) is 4. The lowest BCUT2D eigenvalue weighted by Crippen LogP contribution is -2.27. The molecule has 0 bridgehead atoms. The largest absolute Gasteiger partial charge is 0.364 e. The Balaban J connectivity index is 2.22. The average Bonchev–Trinajstić information content (AvgIpc) is 2.99. The summed E-state index contributed by atoms with van der Waals surface area (Å²) in [5.41, 5.74) is 2.92. The minimum absolute atomic E-state index is 0.0710. The number of aromatic nitrogens is 3. The first-order chi connectivity index (χ1) is 9.54. The number of hydrogen-bond donors (Lipinski definition) is 0. The van der Waals surface area contributed by atoms with Gasteiger partial charge in [0, 0.05) is 18.8 Å². The molecular weight excluding hydrogens is 256 g/mol. The quantitative estimate of drug-likeness (QED) is 0.782. The Hall–Kier alpha value is -2.37. The van der Waals surface area contributed by atoms with E-state index in [9.17, 15) is 4.79 Å². The third-order valence-electron chi connectivity index (χ3n) is 3.13. The van der Waals surface area contributed by atoms with Crippen LogP contribution in [0, 0.1) is 13.8 Å². The van der Waals surface area contributed by atoms with E-state index in [0.717, 1.165) is 17.1 Å². The maximum atomic E-state index is 12.5. The van der Waals surface area contributed by atoms with Gasteiger partial charge >= 0.3 is 0 Å². The Morgan fingerprint density at radius 1 is 1.55 bits per heavy atom. The number of allylic oxidation sites excluding steroid dienone is 1. The predicted octanol–water partition coefficient (Wildman–Crippen LogP) is 1.95. The first-order valence-electron chi connectivity index (χ1n) is 6.34. The lowest BCUT2D eigenvalue weighted by Gasteiger charge is -2.15. The highest BCUT2D eigenvalue weighted by Crippen LogP contribution is 2.16. The molecular formula is C14H18N4O2. The fourth-order valence-corrected chi connectivity index (χ4v) is 2.13. The summed E-state index contributed by atoms with van der Waals surface area (Å²) >= 11 is 0. The molecule has 2 rings (SSSR count). The summed E-state index contributed by atoms with van der Waals surface area (Å²) in [7, 11) is 1.74. The van der Waals surface area contributed by atoms with Crippen LogP contribution in [0.2, 0.25) is 0 Å². The van der Waals surface area contributed by atoms with E-state index < -0.39 is 0 Å². The molecule has 0 aliphatic heterocycles. The molecule has 0 N–H and O–H groups in total. The minimum Gasteiger partial charge on any atom is -0.364 e. The smallest absolute Gasteiger partial charge is 0.257 e. The van der Waals surface area contributed by atoms with Crippen molar-refractivity contribution in [2.45, 2.75) is 26.9 Å². The molecule has 0 unspecified atom stereocenters. The van der Waals surface area contributed by atoms with Crippen molar-refractivity contribution in [3.8, 4) is 0 Å². The molecule has 1 amide bonds. The van der Waals surface area contributed by atoms with Crippen LogP contribution in [-0.4, -0.2) is 32.8 Å². The third-order valence-corrected chi connectivity index (χ3v) is 3.13. The van der Waals surface area contributed by atoms with E-state index >= 15 is 0 Å². The summed E-state index contributed by atoms with van der Waals surface area (Å²) in [4.78, 5) is 14.1. The highest BCUT2D eigenvalue weighted by Gasteiger charge is 2.21. The summed E-state index contributed by atoms with van der Waals surface area (Å²) in [6.45, 7) is 8.41. The normalized spacial score (nSPS) is 10.6. The Kier molecular flexibility index (Phi) is 4.02. The van der Waals surface area contributed by atoms with Crippen molar-refractivity contribution in [3.63, 3.8) is 0 Å². The zero-order chi connectivity index (χ0) is 14.7. The Morgan fingerprint density at radius 3 is 2.90 bits per heavy atom. The van der Waals surface area contributed by atoms with Crippen LogP contribution in [0.3, 0.4) is 0 Å². The Bertz CT molecular complexity index is 613. The zero-order valence-corrected chi connectivity index (χ0v) is 12.0. The molecule has 0 aliphatic carbocycles. The molecule has 0 fully saturated rings. The summed E-state index contributed by atoms with van der Waals surface area (Å²) in [5.74, 6) is -0.0710. The van der Waals surface area contributed by atoms with Crippen molar-refractivity contribution in [1.82, 2.24) is 19.8 Å². The van der Waals surface area contributed by atoms with Crippen molar-refractivity contribution in [2.24, 2.45) is 0 Å². The molecule has 0 aromatic carbocycles. The summed E-state index contributed by atoms with van der Waals surface area (Å²) < 4.78 is 6.55. The van der Waals surface area contributed by atoms with Crippen molar-refractivity contribution < 1.29 is 9.32 Å². The van der Waals surface area contributed by atoms with Crippen molar-refractivity contribution in [3.05, 3.63) is 47.6 Å². The van der Waals surface area contributed by atoms with Gasteiger partial charge in [-0.2, -0.15) is 5.10 Å². The summed E-state index contributed by atoms with van der Waals surface area (Å²) in [5, 5.41) is 8.17. The second-order valence-electron chi connectivity index (χ2n) is 4.67. The van der Waals surface area contributed by atoms with E-state index in [2.05, 4.69) is 16.8 Å². The molecule has 0 saturated heterocycles. The lowest BCUT2D eigenvalue weighted by molar-refractivity contribution is 0.0780. The fraction of sp³-hybridized carbons (Fsp3) is 0.357. The zero-order valence-electron chi connectivity index (χ0n) is 12.0. The van der Waals surface area contributed by atoms with E-state index in [0.29, 0.717) is 18.7 Å². The maximum absolute atomic E-state index is 12.5. The summed E-state index contributed by atoms with van der Waals surface area (Å²) in [6, 6.07) is 1.74. The van der Waals surface area contributed by atoms with Crippen molar-refractivity contribution in [1.29, 1.82) is 0 Å². The van der Waals surface area contributed by atoms with Crippen LogP contribution >= 0.6 is 0 Å². The van der Waals surface area contributed by atoms with E-state index in [1.807, 2.05) is 13.8 Å². The Labute approximate surface area is 117 Å². The van der Waals surface area contributed by atoms with Gasteiger partial charge in [-0.3, -0.25) is 9.48 Å². The van der Waals surface area contributed by atoms with Crippen LogP contribution in [0.5, 0.6) is 0 Å². The molecule has 0 saturated carbocycles. The minimum atomic E-state index is -0.0710. The van der Waals surface area contributed by atoms with Gasteiger partial charge in [0.2, 0.25) is 0 Å². The van der Waals surface area contributed by atoms with E-state index in [1.165, 1.54) is 6.26 Å². The number of amides is 1. The van der Waals surface area contributed by atoms with Gasteiger partial charge in [0.05, 0.1) is 24.3 Å². The number of aryl methyl sites for hydroxylation is 1. The van der Waals surface area contributed by atoms with Crippen molar-refractivity contribution >= 4 is 5.91 Å². The molecule has 0 radical (unpaired) electrons. The van der Waals surface area contributed by atoms with E-state index in [1.54, 1.807) is 28.8 Å². The second-order valence-corrected chi connectivity index (χ2v) is 4.67. The van der Waals surface area contributed by atoms with E-state index in [-0.39, 0.29) is 5.91 Å². The van der Waals surface area contributed by atoms with Gasteiger partial charge in [0.25, 0.3) is 5.91 Å². The molecule has 2 aromatic heterocycles. The lowest BCUT2D eigenvalue weighted by atomic mass is 10.1. The number of carbonyl (C=O) groups excluding carboxylic acids is 1. The Morgan fingerprint density at radius 2 is 2.30 bits per heavy atom. The predicted molar refractivity (Wildman–Crippen MR) is 74.2 cm³/mol. The van der Waals surface area contributed by atoms with Crippen LogP contribution in [0.15, 0.2) is 29.5 Å². The third kappa shape index (κ3) is 2.64. The van der Waals surface area contributed by atoms with Gasteiger partial charge < -0.3 is 9.42 Å². The average molecular weight is 274 g/mol. The number of nitrogens with zero attached hydrogens (tertiary/aromatic N) is 4.